The molecule has 53 heavy (non-hydrogen) atoms. The van der Waals surface area contributed by atoms with Crippen LogP contribution >= 0.6 is 0 Å². The van der Waals surface area contributed by atoms with Crippen molar-refractivity contribution in [1.82, 2.24) is 0 Å². The minimum absolute atomic E-state index is 0.0823. The smallest absolute Gasteiger partial charge is 0.338 e. The minimum Gasteiger partial charge on any atom is -0.481 e. The van der Waals surface area contributed by atoms with E-state index in [9.17, 15) is 9.59 Å². The monoisotopic (exact) mass is 750 g/mol. The number of aliphatic carboxylic acids is 1. The zero-order valence-electron chi connectivity index (χ0n) is 34.0. The molecule has 2 unspecified atom stereocenters. The number of carboxylic acids is 1. The van der Waals surface area contributed by atoms with E-state index in [1.165, 1.54) is 12.8 Å². The molecule has 2 aromatic carbocycles. The fourth-order valence-electron chi connectivity index (χ4n) is 8.10. The summed E-state index contributed by atoms with van der Waals surface area (Å²) < 4.78 is 26.8. The molecule has 8 heteroatoms. The lowest BCUT2D eigenvalue weighted by Crippen LogP contribution is -2.49. The summed E-state index contributed by atoms with van der Waals surface area (Å²) in [7, 11) is -2.05. The molecule has 296 valence electrons. The van der Waals surface area contributed by atoms with Crippen LogP contribution in [-0.2, 0) is 23.4 Å². The Bertz CT molecular complexity index is 1380. The van der Waals surface area contributed by atoms with E-state index in [2.05, 4.69) is 59.8 Å². The van der Waals surface area contributed by atoms with Gasteiger partial charge >= 0.3 is 11.9 Å². The van der Waals surface area contributed by atoms with E-state index in [4.69, 9.17) is 23.7 Å². The highest BCUT2D eigenvalue weighted by atomic mass is 28.4. The molecule has 1 aliphatic heterocycles. The van der Waals surface area contributed by atoms with Gasteiger partial charge in [0.15, 0.2) is 14.6 Å². The van der Waals surface area contributed by atoms with Crippen molar-refractivity contribution in [2.75, 3.05) is 6.61 Å². The second kappa shape index (κ2) is 20.4. The Morgan fingerprint density at radius 1 is 0.811 bits per heavy atom. The Balaban J connectivity index is 1.58. The number of esters is 1. The fraction of sp³-hybridized carbons (Fsp3) is 0.689. The van der Waals surface area contributed by atoms with Gasteiger partial charge in [0.05, 0.1) is 17.3 Å². The average molecular weight is 751 g/mol. The molecule has 0 bridgehead atoms. The largest absolute Gasteiger partial charge is 0.481 e. The average Bonchev–Trinajstić information content (AvgIpc) is 3.43. The maximum absolute atomic E-state index is 13.8. The number of benzene rings is 2. The van der Waals surface area contributed by atoms with Crippen LogP contribution in [0.3, 0.4) is 0 Å². The number of rotatable bonds is 21. The van der Waals surface area contributed by atoms with E-state index in [0.717, 1.165) is 88.4 Å². The number of carbonyl (C=O) groups is 2. The molecule has 0 spiro atoms. The first-order valence-electron chi connectivity index (χ1n) is 20.8. The van der Waals surface area contributed by atoms with Crippen molar-refractivity contribution in [3.8, 4) is 11.1 Å². The lowest BCUT2D eigenvalue weighted by Gasteiger charge is -2.45. The van der Waals surface area contributed by atoms with Gasteiger partial charge in [-0.25, -0.2) is 4.79 Å². The molecule has 1 N–H and O–H groups in total. The summed E-state index contributed by atoms with van der Waals surface area (Å²) in [6, 6.07) is 17.9. The topological polar surface area (TPSA) is 91.3 Å². The number of ether oxygens (including phenoxy) is 3. The first-order chi connectivity index (χ1) is 25.2. The van der Waals surface area contributed by atoms with E-state index in [0.29, 0.717) is 18.4 Å². The van der Waals surface area contributed by atoms with Crippen LogP contribution in [0.1, 0.15) is 148 Å². The van der Waals surface area contributed by atoms with Crippen molar-refractivity contribution in [2.24, 2.45) is 11.8 Å². The summed E-state index contributed by atoms with van der Waals surface area (Å²) in [5, 5.41) is 9.26. The van der Waals surface area contributed by atoms with Crippen molar-refractivity contribution < 1.29 is 33.3 Å². The molecule has 2 aromatic rings. The minimum atomic E-state index is -2.05. The first-order valence-corrected chi connectivity index (χ1v) is 23.7. The molecule has 0 amide bonds. The van der Waals surface area contributed by atoms with Crippen LogP contribution in [0.5, 0.6) is 0 Å². The van der Waals surface area contributed by atoms with Gasteiger partial charge in [-0.1, -0.05) is 109 Å². The molecule has 1 saturated carbocycles. The van der Waals surface area contributed by atoms with Crippen LogP contribution in [0.25, 0.3) is 11.1 Å². The van der Waals surface area contributed by atoms with Gasteiger partial charge in [0.2, 0.25) is 0 Å². The SMILES string of the molecule is CCCCC[C@@](C)(CC[C@H]1C(OC2CCCCO2)C[C@H](OC(=O)c2ccc(-c3ccccc3)cc2)[C@@H]1CCCCCCC(=O)O)O[Si](C)(C)C(C)(C)C. The third kappa shape index (κ3) is 13.3. The van der Waals surface area contributed by atoms with Crippen LogP contribution in [-0.4, -0.2) is 56.1 Å². The zero-order valence-corrected chi connectivity index (χ0v) is 35.0. The summed E-state index contributed by atoms with van der Waals surface area (Å²) in [5.41, 5.74) is 2.48. The molecule has 0 radical (unpaired) electrons. The fourth-order valence-corrected chi connectivity index (χ4v) is 9.84. The van der Waals surface area contributed by atoms with Gasteiger partial charge in [0, 0.05) is 25.4 Å². The number of hydrogen-bond acceptors (Lipinski definition) is 6. The lowest BCUT2D eigenvalue weighted by atomic mass is 9.81. The number of unbranched alkanes of at least 4 members (excludes halogenated alkanes) is 5. The highest BCUT2D eigenvalue weighted by molar-refractivity contribution is 6.74. The normalized spacial score (nSPS) is 23.4. The van der Waals surface area contributed by atoms with Crippen molar-refractivity contribution in [3.05, 3.63) is 60.2 Å². The standard InChI is InChI=1S/C45H70O7Si/c1-8-9-18-30-45(5,52-53(6,7)44(2,3)4)31-29-38-37(22-15-10-11-16-23-41(46)47)40(33-39(38)50-42-24-17-19-32-49-42)51-43(48)36-27-25-35(26-28-36)34-20-13-12-14-21-34/h12-14,20-21,25-28,37-40,42H,8-11,15-19,22-24,29-33H2,1-7H3,(H,46,47)/t37-,38-,39?,40+,42?,45+/m1/s1. The summed E-state index contributed by atoms with van der Waals surface area (Å²) >= 11 is 0. The molecule has 2 fully saturated rings. The molecule has 0 aromatic heterocycles. The Labute approximate surface area is 322 Å². The number of hydrogen-bond donors (Lipinski definition) is 1. The van der Waals surface area contributed by atoms with Crippen molar-refractivity contribution in [2.45, 2.75) is 180 Å². The predicted octanol–water partition coefficient (Wildman–Crippen LogP) is 12.0. The zero-order chi connectivity index (χ0) is 38.5. The molecular weight excluding hydrogens is 681 g/mol. The van der Waals surface area contributed by atoms with E-state index in [1.54, 1.807) is 0 Å². The number of carbonyl (C=O) groups excluding carboxylic acids is 1. The van der Waals surface area contributed by atoms with Crippen molar-refractivity contribution in [1.29, 1.82) is 0 Å². The van der Waals surface area contributed by atoms with Gasteiger partial charge in [-0.3, -0.25) is 4.79 Å². The maximum atomic E-state index is 13.8. The maximum Gasteiger partial charge on any atom is 0.338 e. The molecule has 1 aliphatic carbocycles. The Morgan fingerprint density at radius 2 is 1.49 bits per heavy atom. The van der Waals surface area contributed by atoms with Gasteiger partial charge < -0.3 is 23.7 Å². The van der Waals surface area contributed by atoms with Crippen LogP contribution in [0, 0.1) is 11.8 Å². The third-order valence-electron chi connectivity index (χ3n) is 12.2. The molecule has 1 heterocycles. The van der Waals surface area contributed by atoms with Gasteiger partial charge in [0.25, 0.3) is 0 Å². The van der Waals surface area contributed by atoms with E-state index in [-0.39, 0.29) is 53.4 Å². The molecular formula is C45H70O7Si. The van der Waals surface area contributed by atoms with E-state index in [1.807, 2.05) is 42.5 Å². The summed E-state index contributed by atoms with van der Waals surface area (Å²) in [5.74, 6) is -0.716. The molecule has 1 saturated heterocycles. The lowest BCUT2D eigenvalue weighted by molar-refractivity contribution is -0.197. The second-order valence-corrected chi connectivity index (χ2v) is 22.3. The van der Waals surface area contributed by atoms with Crippen LogP contribution in [0.15, 0.2) is 54.6 Å². The number of carboxylic acid groups (broad SMARTS) is 1. The molecule has 2 aliphatic rings. The van der Waals surface area contributed by atoms with Crippen LogP contribution in [0.4, 0.5) is 0 Å². The highest BCUT2D eigenvalue weighted by Crippen LogP contribution is 2.47. The summed E-state index contributed by atoms with van der Waals surface area (Å²) in [6.45, 7) is 17.0. The van der Waals surface area contributed by atoms with Gasteiger partial charge in [-0.2, -0.15) is 0 Å². The van der Waals surface area contributed by atoms with Crippen molar-refractivity contribution in [3.63, 3.8) is 0 Å². The quantitative estimate of drug-likeness (QED) is 0.0771. The van der Waals surface area contributed by atoms with E-state index >= 15 is 0 Å². The predicted molar refractivity (Wildman–Crippen MR) is 217 cm³/mol. The second-order valence-electron chi connectivity index (χ2n) is 17.6. The first kappa shape index (κ1) is 43.2. The Morgan fingerprint density at radius 3 is 2.13 bits per heavy atom. The van der Waals surface area contributed by atoms with Gasteiger partial charge in [-0.05, 0) is 106 Å². The van der Waals surface area contributed by atoms with Crippen molar-refractivity contribution >= 4 is 20.3 Å². The highest BCUT2D eigenvalue weighted by Gasteiger charge is 2.48. The van der Waals surface area contributed by atoms with Crippen LogP contribution in [0.2, 0.25) is 18.1 Å². The summed E-state index contributed by atoms with van der Waals surface area (Å²) in [6.07, 6.45) is 14.1. The molecule has 6 atom stereocenters. The summed E-state index contributed by atoms with van der Waals surface area (Å²) in [4.78, 5) is 25.0. The molecule has 7 nitrogen and oxygen atoms in total. The van der Waals surface area contributed by atoms with Gasteiger partial charge in [-0.15, -0.1) is 0 Å². The van der Waals surface area contributed by atoms with Gasteiger partial charge in [0.1, 0.15) is 6.10 Å². The van der Waals surface area contributed by atoms with Crippen LogP contribution < -0.4 is 0 Å². The molecule has 4 rings (SSSR count). The third-order valence-corrected chi connectivity index (χ3v) is 16.8. The Kier molecular flexibility index (Phi) is 16.6. The Hall–Kier alpha value is -2.52. The van der Waals surface area contributed by atoms with E-state index < -0.39 is 14.3 Å².